The number of benzene rings is 1. The summed E-state index contributed by atoms with van der Waals surface area (Å²) >= 11 is 0. The van der Waals surface area contributed by atoms with Crippen molar-refractivity contribution in [2.45, 2.75) is 6.54 Å². The molecule has 3 rings (SSSR count). The number of aromatic amines is 2. The SMILES string of the molecule is CNCc1c(-c2ccc3[nH]c(=O)[nH]c3c2)cnn1C. The second kappa shape index (κ2) is 4.40. The number of hydrogen-bond acceptors (Lipinski definition) is 3. The van der Waals surface area contributed by atoms with E-state index in [1.807, 2.05) is 43.2 Å². The van der Waals surface area contributed by atoms with Crippen LogP contribution in [0.4, 0.5) is 0 Å². The smallest absolute Gasteiger partial charge is 0.314 e. The molecule has 19 heavy (non-hydrogen) atoms. The number of nitrogens with one attached hydrogen (secondary N) is 3. The van der Waals surface area contributed by atoms with Crippen molar-refractivity contribution in [2.24, 2.45) is 7.05 Å². The highest BCUT2D eigenvalue weighted by molar-refractivity contribution is 5.81. The lowest BCUT2D eigenvalue weighted by Crippen LogP contribution is -2.10. The molecule has 0 amide bonds. The van der Waals surface area contributed by atoms with Crippen LogP contribution in [0.5, 0.6) is 0 Å². The lowest BCUT2D eigenvalue weighted by molar-refractivity contribution is 0.673. The molecule has 0 fully saturated rings. The zero-order valence-electron chi connectivity index (χ0n) is 10.8. The number of aromatic nitrogens is 4. The van der Waals surface area contributed by atoms with Crippen molar-refractivity contribution < 1.29 is 0 Å². The van der Waals surface area contributed by atoms with Crippen LogP contribution < -0.4 is 11.0 Å². The second-order valence-electron chi connectivity index (χ2n) is 4.50. The molecule has 0 bridgehead atoms. The van der Waals surface area contributed by atoms with Crippen molar-refractivity contribution in [1.29, 1.82) is 0 Å². The Balaban J connectivity index is 2.15. The predicted molar refractivity (Wildman–Crippen MR) is 73.9 cm³/mol. The zero-order chi connectivity index (χ0) is 13.4. The molecule has 0 aliphatic rings. The van der Waals surface area contributed by atoms with Gasteiger partial charge in [-0.2, -0.15) is 5.10 Å². The molecule has 3 aromatic rings. The van der Waals surface area contributed by atoms with Crippen LogP contribution in [0.2, 0.25) is 0 Å². The molecule has 2 aromatic heterocycles. The molecule has 0 aliphatic heterocycles. The Morgan fingerprint density at radius 2 is 2.11 bits per heavy atom. The maximum Gasteiger partial charge on any atom is 0.323 e. The third kappa shape index (κ3) is 1.96. The zero-order valence-corrected chi connectivity index (χ0v) is 10.8. The number of nitrogens with zero attached hydrogens (tertiary/aromatic N) is 2. The fourth-order valence-electron chi connectivity index (χ4n) is 2.28. The first kappa shape index (κ1) is 11.7. The van der Waals surface area contributed by atoms with Gasteiger partial charge < -0.3 is 15.3 Å². The molecule has 2 heterocycles. The number of hydrogen-bond donors (Lipinski definition) is 3. The van der Waals surface area contributed by atoms with Gasteiger partial charge in [0.1, 0.15) is 0 Å². The van der Waals surface area contributed by atoms with Gasteiger partial charge in [0, 0.05) is 19.2 Å². The summed E-state index contributed by atoms with van der Waals surface area (Å²) in [5, 5.41) is 7.43. The lowest BCUT2D eigenvalue weighted by Gasteiger charge is -2.05. The van der Waals surface area contributed by atoms with Gasteiger partial charge in [-0.05, 0) is 24.7 Å². The van der Waals surface area contributed by atoms with E-state index in [4.69, 9.17) is 0 Å². The number of aryl methyl sites for hydroxylation is 1. The molecular weight excluding hydrogens is 242 g/mol. The monoisotopic (exact) mass is 257 g/mol. The minimum absolute atomic E-state index is 0.186. The first-order chi connectivity index (χ1) is 9.19. The predicted octanol–water partition coefficient (Wildman–Crippen LogP) is 0.976. The number of rotatable bonds is 3. The highest BCUT2D eigenvalue weighted by Crippen LogP contribution is 2.25. The average Bonchev–Trinajstić information content (AvgIpc) is 2.92. The summed E-state index contributed by atoms with van der Waals surface area (Å²) < 4.78 is 1.86. The molecule has 0 atom stereocenters. The Labute approximate surface area is 109 Å². The van der Waals surface area contributed by atoms with Gasteiger partial charge in [-0.15, -0.1) is 0 Å². The van der Waals surface area contributed by atoms with Gasteiger partial charge >= 0.3 is 5.69 Å². The number of fused-ring (bicyclic) bond motifs is 1. The van der Waals surface area contributed by atoms with E-state index in [1.165, 1.54) is 0 Å². The average molecular weight is 257 g/mol. The standard InChI is InChI=1S/C13H15N5O/c1-14-7-12-9(6-15-18(12)2)8-3-4-10-11(5-8)17-13(19)16-10/h3-6,14H,7H2,1-2H3,(H2,16,17,19). The minimum Gasteiger partial charge on any atom is -0.314 e. The summed E-state index contributed by atoms with van der Waals surface area (Å²) in [7, 11) is 3.83. The summed E-state index contributed by atoms with van der Waals surface area (Å²) in [6.07, 6.45) is 1.85. The van der Waals surface area contributed by atoms with Crippen molar-refractivity contribution in [3.63, 3.8) is 0 Å². The Hall–Kier alpha value is -2.34. The molecule has 0 radical (unpaired) electrons. The van der Waals surface area contributed by atoms with Crippen molar-refractivity contribution in [3.8, 4) is 11.1 Å². The molecule has 0 unspecified atom stereocenters. The molecule has 98 valence electrons. The van der Waals surface area contributed by atoms with Crippen molar-refractivity contribution in [2.75, 3.05) is 7.05 Å². The van der Waals surface area contributed by atoms with Gasteiger partial charge in [0.15, 0.2) is 0 Å². The van der Waals surface area contributed by atoms with Crippen LogP contribution in [0, 0.1) is 0 Å². The molecule has 0 saturated carbocycles. The molecule has 0 spiro atoms. The van der Waals surface area contributed by atoms with Gasteiger partial charge in [0.2, 0.25) is 0 Å². The minimum atomic E-state index is -0.186. The quantitative estimate of drug-likeness (QED) is 0.654. The van der Waals surface area contributed by atoms with Crippen LogP contribution in [0.15, 0.2) is 29.2 Å². The number of H-pyrrole nitrogens is 2. The van der Waals surface area contributed by atoms with Crippen LogP contribution in [-0.4, -0.2) is 26.8 Å². The largest absolute Gasteiger partial charge is 0.323 e. The van der Waals surface area contributed by atoms with Crippen LogP contribution >= 0.6 is 0 Å². The third-order valence-corrected chi connectivity index (χ3v) is 3.23. The Bertz CT molecular complexity index is 780. The van der Waals surface area contributed by atoms with Gasteiger partial charge in [0.25, 0.3) is 0 Å². The van der Waals surface area contributed by atoms with E-state index in [2.05, 4.69) is 20.4 Å². The Kier molecular flexibility index (Phi) is 2.72. The maximum atomic E-state index is 11.3. The summed E-state index contributed by atoms with van der Waals surface area (Å²) in [5.41, 5.74) is 4.66. The fraction of sp³-hybridized carbons (Fsp3) is 0.231. The fourth-order valence-corrected chi connectivity index (χ4v) is 2.28. The third-order valence-electron chi connectivity index (χ3n) is 3.23. The summed E-state index contributed by atoms with van der Waals surface area (Å²) in [6, 6.07) is 5.85. The molecule has 0 aliphatic carbocycles. The first-order valence-corrected chi connectivity index (χ1v) is 6.07. The maximum absolute atomic E-state index is 11.3. The van der Waals surface area contributed by atoms with Crippen molar-refractivity contribution in [1.82, 2.24) is 25.1 Å². The molecule has 6 nitrogen and oxygen atoms in total. The van der Waals surface area contributed by atoms with Crippen LogP contribution in [-0.2, 0) is 13.6 Å². The van der Waals surface area contributed by atoms with E-state index in [0.717, 1.165) is 34.4 Å². The highest BCUT2D eigenvalue weighted by atomic mass is 16.1. The molecule has 1 aromatic carbocycles. The normalized spacial score (nSPS) is 11.3. The van der Waals surface area contributed by atoms with E-state index in [9.17, 15) is 4.79 Å². The van der Waals surface area contributed by atoms with Gasteiger partial charge in [-0.3, -0.25) is 4.68 Å². The molecule has 6 heteroatoms. The van der Waals surface area contributed by atoms with E-state index in [-0.39, 0.29) is 5.69 Å². The highest BCUT2D eigenvalue weighted by Gasteiger charge is 2.10. The van der Waals surface area contributed by atoms with Crippen LogP contribution in [0.1, 0.15) is 5.69 Å². The lowest BCUT2D eigenvalue weighted by atomic mass is 10.1. The van der Waals surface area contributed by atoms with E-state index in [0.29, 0.717) is 0 Å². The van der Waals surface area contributed by atoms with Crippen LogP contribution in [0.3, 0.4) is 0 Å². The van der Waals surface area contributed by atoms with Gasteiger partial charge in [0.05, 0.1) is 22.9 Å². The van der Waals surface area contributed by atoms with Gasteiger partial charge in [-0.25, -0.2) is 4.79 Å². The van der Waals surface area contributed by atoms with Crippen molar-refractivity contribution >= 4 is 11.0 Å². The molecule has 0 saturated heterocycles. The van der Waals surface area contributed by atoms with E-state index < -0.39 is 0 Å². The summed E-state index contributed by atoms with van der Waals surface area (Å²) in [4.78, 5) is 16.8. The first-order valence-electron chi connectivity index (χ1n) is 6.07. The van der Waals surface area contributed by atoms with Crippen molar-refractivity contribution in [3.05, 3.63) is 40.6 Å². The Morgan fingerprint density at radius 3 is 2.89 bits per heavy atom. The Morgan fingerprint density at radius 1 is 1.32 bits per heavy atom. The van der Waals surface area contributed by atoms with E-state index >= 15 is 0 Å². The van der Waals surface area contributed by atoms with Crippen LogP contribution in [0.25, 0.3) is 22.2 Å². The number of imidazole rings is 1. The van der Waals surface area contributed by atoms with Gasteiger partial charge in [-0.1, -0.05) is 6.07 Å². The molecular formula is C13H15N5O. The summed E-state index contributed by atoms with van der Waals surface area (Å²) in [6.45, 7) is 0.744. The molecule has 3 N–H and O–H groups in total. The van der Waals surface area contributed by atoms with E-state index in [1.54, 1.807) is 0 Å². The topological polar surface area (TPSA) is 78.5 Å². The summed E-state index contributed by atoms with van der Waals surface area (Å²) in [5.74, 6) is 0. The second-order valence-corrected chi connectivity index (χ2v) is 4.50.